The summed E-state index contributed by atoms with van der Waals surface area (Å²) in [6.07, 6.45) is 0. The number of carbonyl (C=O) groups is 1. The van der Waals surface area contributed by atoms with E-state index in [9.17, 15) is 13.2 Å². The number of nitrogens with one attached hydrogen (secondary N) is 2. The molecule has 2 aromatic rings. The van der Waals surface area contributed by atoms with Crippen molar-refractivity contribution in [2.24, 2.45) is 5.14 Å². The SMILES string of the molecule is COc1ccc(OCCNC(=O)N[C@H](C)c2ccc(S(N)(=O)=O)cc2)cc1. The average molecular weight is 393 g/mol. The van der Waals surface area contributed by atoms with Crippen molar-refractivity contribution in [3.8, 4) is 11.5 Å². The lowest BCUT2D eigenvalue weighted by molar-refractivity contribution is 0.233. The number of methoxy groups -OCH3 is 1. The zero-order valence-electron chi connectivity index (χ0n) is 15.1. The number of rotatable bonds is 8. The summed E-state index contributed by atoms with van der Waals surface area (Å²) in [5.74, 6) is 1.42. The summed E-state index contributed by atoms with van der Waals surface area (Å²) in [6, 6.07) is 12.5. The monoisotopic (exact) mass is 393 g/mol. The molecule has 0 fully saturated rings. The first-order valence-electron chi connectivity index (χ1n) is 8.23. The Morgan fingerprint density at radius 3 is 2.22 bits per heavy atom. The van der Waals surface area contributed by atoms with Crippen LogP contribution in [0.2, 0.25) is 0 Å². The molecule has 0 unspecified atom stereocenters. The third-order valence-electron chi connectivity index (χ3n) is 3.77. The largest absolute Gasteiger partial charge is 0.497 e. The van der Waals surface area contributed by atoms with Gasteiger partial charge in [-0.3, -0.25) is 0 Å². The van der Waals surface area contributed by atoms with Crippen molar-refractivity contribution in [3.05, 3.63) is 54.1 Å². The third-order valence-corrected chi connectivity index (χ3v) is 4.70. The number of carbonyl (C=O) groups excluding carboxylic acids is 1. The van der Waals surface area contributed by atoms with Crippen molar-refractivity contribution in [2.75, 3.05) is 20.3 Å². The van der Waals surface area contributed by atoms with Gasteiger partial charge in [-0.1, -0.05) is 12.1 Å². The normalized spacial score (nSPS) is 12.1. The Kier molecular flexibility index (Phi) is 7.03. The van der Waals surface area contributed by atoms with Gasteiger partial charge in [-0.25, -0.2) is 18.4 Å². The minimum atomic E-state index is -3.73. The molecule has 8 nitrogen and oxygen atoms in total. The summed E-state index contributed by atoms with van der Waals surface area (Å²) in [5.41, 5.74) is 0.757. The Balaban J connectivity index is 1.74. The van der Waals surface area contributed by atoms with Crippen LogP contribution in [0.25, 0.3) is 0 Å². The minimum absolute atomic E-state index is 0.0265. The molecule has 2 rings (SSSR count). The molecule has 27 heavy (non-hydrogen) atoms. The van der Waals surface area contributed by atoms with Crippen molar-refractivity contribution in [1.82, 2.24) is 10.6 Å². The lowest BCUT2D eigenvalue weighted by Crippen LogP contribution is -2.39. The van der Waals surface area contributed by atoms with Gasteiger partial charge in [0.15, 0.2) is 0 Å². The first-order valence-corrected chi connectivity index (χ1v) is 9.78. The van der Waals surface area contributed by atoms with Crippen LogP contribution in [0, 0.1) is 0 Å². The molecule has 0 saturated carbocycles. The third kappa shape index (κ3) is 6.46. The molecule has 0 heterocycles. The van der Waals surface area contributed by atoms with Crippen molar-refractivity contribution in [1.29, 1.82) is 0 Å². The molecule has 0 radical (unpaired) electrons. The summed E-state index contributed by atoms with van der Waals surface area (Å²) >= 11 is 0. The van der Waals surface area contributed by atoms with Crippen LogP contribution in [0.15, 0.2) is 53.4 Å². The Bertz CT molecular complexity index is 852. The van der Waals surface area contributed by atoms with Gasteiger partial charge in [0.1, 0.15) is 18.1 Å². The summed E-state index contributed by atoms with van der Waals surface area (Å²) in [4.78, 5) is 12.0. The summed E-state index contributed by atoms with van der Waals surface area (Å²) < 4.78 is 33.1. The Labute approximate surface area is 158 Å². The maximum atomic E-state index is 11.9. The highest BCUT2D eigenvalue weighted by Gasteiger charge is 2.11. The van der Waals surface area contributed by atoms with Gasteiger partial charge in [0.25, 0.3) is 0 Å². The van der Waals surface area contributed by atoms with E-state index in [4.69, 9.17) is 14.6 Å². The molecule has 0 bridgehead atoms. The standard InChI is InChI=1S/C18H23N3O5S/c1-13(14-3-9-17(10-4-14)27(19,23)24)21-18(22)20-11-12-26-16-7-5-15(25-2)6-8-16/h3-10,13H,11-12H2,1-2H3,(H2,19,23,24)(H2,20,21,22)/t13-/m1/s1. The Hall–Kier alpha value is -2.78. The number of benzene rings is 2. The van der Waals surface area contributed by atoms with E-state index >= 15 is 0 Å². The van der Waals surface area contributed by atoms with E-state index in [1.807, 2.05) is 0 Å². The average Bonchev–Trinajstić information content (AvgIpc) is 2.65. The zero-order valence-corrected chi connectivity index (χ0v) is 16.0. The number of hydrogen-bond acceptors (Lipinski definition) is 5. The van der Waals surface area contributed by atoms with Crippen LogP contribution in [-0.4, -0.2) is 34.7 Å². The van der Waals surface area contributed by atoms with Crippen LogP contribution < -0.4 is 25.2 Å². The van der Waals surface area contributed by atoms with Crippen molar-refractivity contribution < 1.29 is 22.7 Å². The van der Waals surface area contributed by atoms with E-state index in [0.29, 0.717) is 18.9 Å². The molecular weight excluding hydrogens is 370 g/mol. The maximum Gasteiger partial charge on any atom is 0.315 e. The van der Waals surface area contributed by atoms with Gasteiger partial charge in [0.05, 0.1) is 24.6 Å². The molecule has 0 aliphatic rings. The second kappa shape index (κ2) is 9.24. The molecule has 1 atom stereocenters. The van der Waals surface area contributed by atoms with Crippen LogP contribution in [0.4, 0.5) is 4.79 Å². The molecule has 2 amide bonds. The second-order valence-corrected chi connectivity index (χ2v) is 7.32. The van der Waals surface area contributed by atoms with Crippen LogP contribution in [-0.2, 0) is 10.0 Å². The molecule has 0 aliphatic heterocycles. The lowest BCUT2D eigenvalue weighted by atomic mass is 10.1. The molecule has 146 valence electrons. The molecule has 4 N–H and O–H groups in total. The molecule has 9 heteroatoms. The maximum absolute atomic E-state index is 11.9. The van der Waals surface area contributed by atoms with E-state index in [1.165, 1.54) is 12.1 Å². The highest BCUT2D eigenvalue weighted by Crippen LogP contribution is 2.17. The van der Waals surface area contributed by atoms with Crippen LogP contribution in [0.3, 0.4) is 0 Å². The Morgan fingerprint density at radius 1 is 1.07 bits per heavy atom. The number of amides is 2. The quantitative estimate of drug-likeness (QED) is 0.591. The van der Waals surface area contributed by atoms with Gasteiger partial charge >= 0.3 is 6.03 Å². The van der Waals surface area contributed by atoms with E-state index in [2.05, 4.69) is 10.6 Å². The molecule has 0 aliphatic carbocycles. The van der Waals surface area contributed by atoms with E-state index < -0.39 is 10.0 Å². The number of hydrogen-bond donors (Lipinski definition) is 3. The molecule has 0 aromatic heterocycles. The first kappa shape index (κ1) is 20.5. The number of primary sulfonamides is 1. The number of sulfonamides is 1. The predicted octanol–water partition coefficient (Wildman–Crippen LogP) is 1.78. The van der Waals surface area contributed by atoms with Gasteiger partial charge in [-0.2, -0.15) is 0 Å². The molecule has 2 aromatic carbocycles. The van der Waals surface area contributed by atoms with Crippen molar-refractivity contribution >= 4 is 16.1 Å². The van der Waals surface area contributed by atoms with Crippen LogP contribution in [0.1, 0.15) is 18.5 Å². The fourth-order valence-corrected chi connectivity index (χ4v) is 2.80. The minimum Gasteiger partial charge on any atom is -0.497 e. The number of nitrogens with two attached hydrogens (primary N) is 1. The summed E-state index contributed by atoms with van der Waals surface area (Å²) in [6.45, 7) is 2.44. The number of urea groups is 1. The zero-order chi connectivity index (χ0) is 19.9. The van der Waals surface area contributed by atoms with Crippen LogP contribution >= 0.6 is 0 Å². The van der Waals surface area contributed by atoms with Crippen molar-refractivity contribution in [2.45, 2.75) is 17.9 Å². The topological polar surface area (TPSA) is 120 Å². The second-order valence-electron chi connectivity index (χ2n) is 5.76. The highest BCUT2D eigenvalue weighted by atomic mass is 32.2. The summed E-state index contributed by atoms with van der Waals surface area (Å²) in [5, 5.41) is 10.5. The van der Waals surface area contributed by atoms with Crippen LogP contribution in [0.5, 0.6) is 11.5 Å². The van der Waals surface area contributed by atoms with Gasteiger partial charge < -0.3 is 20.1 Å². The lowest BCUT2D eigenvalue weighted by Gasteiger charge is -2.15. The van der Waals surface area contributed by atoms with Crippen molar-refractivity contribution in [3.63, 3.8) is 0 Å². The fraction of sp³-hybridized carbons (Fsp3) is 0.278. The smallest absolute Gasteiger partial charge is 0.315 e. The molecule has 0 spiro atoms. The molecule has 0 saturated heterocycles. The van der Waals surface area contributed by atoms with E-state index in [-0.39, 0.29) is 17.0 Å². The Morgan fingerprint density at radius 2 is 1.67 bits per heavy atom. The first-order chi connectivity index (χ1) is 12.8. The summed E-state index contributed by atoms with van der Waals surface area (Å²) in [7, 11) is -2.14. The van der Waals surface area contributed by atoms with Gasteiger partial charge in [0.2, 0.25) is 10.0 Å². The van der Waals surface area contributed by atoms with E-state index in [1.54, 1.807) is 50.4 Å². The van der Waals surface area contributed by atoms with Gasteiger partial charge in [-0.15, -0.1) is 0 Å². The molecular formula is C18H23N3O5S. The van der Waals surface area contributed by atoms with Gasteiger partial charge in [-0.05, 0) is 48.9 Å². The van der Waals surface area contributed by atoms with Gasteiger partial charge in [0, 0.05) is 0 Å². The predicted molar refractivity (Wildman–Crippen MR) is 101 cm³/mol. The number of ether oxygens (including phenoxy) is 2. The highest BCUT2D eigenvalue weighted by molar-refractivity contribution is 7.89. The fourth-order valence-electron chi connectivity index (χ4n) is 2.28. The van der Waals surface area contributed by atoms with E-state index in [0.717, 1.165) is 11.3 Å².